The number of para-hydroxylation sites is 1. The molecule has 0 aliphatic carbocycles. The highest BCUT2D eigenvalue weighted by molar-refractivity contribution is 6.09. The quantitative estimate of drug-likeness (QED) is 0.302. The normalized spacial score (nSPS) is 21.2. The highest BCUT2D eigenvalue weighted by Crippen LogP contribution is 2.49. The Bertz CT molecular complexity index is 1690. The van der Waals surface area contributed by atoms with Crippen molar-refractivity contribution in [1.29, 1.82) is 0 Å². The summed E-state index contributed by atoms with van der Waals surface area (Å²) in [5, 5.41) is 4.28. The second-order valence-electron chi connectivity index (χ2n) is 11.3. The lowest BCUT2D eigenvalue weighted by Crippen LogP contribution is -2.55. The summed E-state index contributed by atoms with van der Waals surface area (Å²) in [4.78, 5) is 17.1. The summed E-state index contributed by atoms with van der Waals surface area (Å²) in [5.74, 6) is 1.38. The van der Waals surface area contributed by atoms with Crippen LogP contribution < -0.4 is 24.7 Å². The van der Waals surface area contributed by atoms with Gasteiger partial charge >= 0.3 is 0 Å². The summed E-state index contributed by atoms with van der Waals surface area (Å²) in [6, 6.07) is 29.6. The van der Waals surface area contributed by atoms with Crippen molar-refractivity contribution in [3.05, 3.63) is 108 Å². The predicted octanol–water partition coefficient (Wildman–Crippen LogP) is 6.31. The smallest absolute Gasteiger partial charge is 0.262 e. The molecule has 7 nitrogen and oxygen atoms in total. The standard InChI is InChI=1S/C35H33FN4O3/c1-22-35(41)38-37-34-21-43-33-19-29(27-14-13-25(42-2)17-31(27)36)28(18-32(33)40(22)34)26-15-16-39(24-11-7-4-8-12-24)20-30(26)23-9-5-3-6-10-23/h3-14,17-19,22,26,30H,15-16,20-21H2,1-2H3,(H,38,41)/t22-,26+,30-/m1/s1. The fourth-order valence-corrected chi connectivity index (χ4v) is 6.70. The molecule has 0 bridgehead atoms. The van der Waals surface area contributed by atoms with Gasteiger partial charge in [-0.3, -0.25) is 4.79 Å². The van der Waals surface area contributed by atoms with E-state index in [1.54, 1.807) is 12.1 Å². The molecule has 4 aromatic rings. The van der Waals surface area contributed by atoms with Gasteiger partial charge in [-0.25, -0.2) is 9.82 Å². The van der Waals surface area contributed by atoms with Crippen molar-refractivity contribution in [2.45, 2.75) is 31.2 Å². The zero-order valence-electron chi connectivity index (χ0n) is 24.2. The summed E-state index contributed by atoms with van der Waals surface area (Å²) in [5.41, 5.74) is 8.10. The Kier molecular flexibility index (Phi) is 6.97. The number of methoxy groups -OCH3 is 1. The molecule has 3 aliphatic heterocycles. The Hall–Kier alpha value is -4.85. The van der Waals surface area contributed by atoms with Crippen molar-refractivity contribution < 1.29 is 18.7 Å². The number of ether oxygens (including phenoxy) is 2. The summed E-state index contributed by atoms with van der Waals surface area (Å²) in [6.07, 6.45) is 0.857. The largest absolute Gasteiger partial charge is 0.497 e. The van der Waals surface area contributed by atoms with Crippen LogP contribution in [-0.4, -0.2) is 44.6 Å². The second kappa shape index (κ2) is 11.1. The van der Waals surface area contributed by atoms with Crippen LogP contribution >= 0.6 is 0 Å². The van der Waals surface area contributed by atoms with E-state index in [9.17, 15) is 4.79 Å². The highest BCUT2D eigenvalue weighted by Gasteiger charge is 2.39. The van der Waals surface area contributed by atoms with Gasteiger partial charge in [-0.05, 0) is 72.4 Å². The molecule has 3 atom stereocenters. The topological polar surface area (TPSA) is 66.4 Å². The van der Waals surface area contributed by atoms with Crippen LogP contribution in [0, 0.1) is 5.82 Å². The van der Waals surface area contributed by atoms with Crippen molar-refractivity contribution in [1.82, 2.24) is 5.43 Å². The van der Waals surface area contributed by atoms with E-state index < -0.39 is 6.04 Å². The number of hydrazone groups is 1. The van der Waals surface area contributed by atoms with Crippen molar-refractivity contribution in [2.24, 2.45) is 5.10 Å². The Balaban J connectivity index is 1.40. The number of hydrogen-bond acceptors (Lipinski definition) is 6. The number of benzene rings is 4. The van der Waals surface area contributed by atoms with E-state index in [0.29, 0.717) is 22.9 Å². The monoisotopic (exact) mass is 576 g/mol. The van der Waals surface area contributed by atoms with Crippen molar-refractivity contribution in [3.8, 4) is 22.6 Å². The lowest BCUT2D eigenvalue weighted by Gasteiger charge is -2.42. The van der Waals surface area contributed by atoms with Crippen LogP contribution in [-0.2, 0) is 4.79 Å². The number of fused-ring (bicyclic) bond motifs is 3. The number of rotatable bonds is 5. The second-order valence-corrected chi connectivity index (χ2v) is 11.3. The van der Waals surface area contributed by atoms with E-state index in [1.165, 1.54) is 24.4 Å². The molecule has 0 saturated carbocycles. The van der Waals surface area contributed by atoms with E-state index in [4.69, 9.17) is 9.47 Å². The summed E-state index contributed by atoms with van der Waals surface area (Å²) in [7, 11) is 1.53. The molecule has 0 spiro atoms. The molecular weight excluding hydrogens is 543 g/mol. The third kappa shape index (κ3) is 4.86. The number of carbonyl (C=O) groups excluding carboxylic acids is 1. The molecule has 3 heterocycles. The number of halogens is 1. The molecule has 8 heteroatoms. The average molecular weight is 577 g/mol. The van der Waals surface area contributed by atoms with E-state index in [1.807, 2.05) is 30.0 Å². The number of nitrogens with one attached hydrogen (secondary N) is 1. The minimum Gasteiger partial charge on any atom is -0.497 e. The molecule has 1 fully saturated rings. The molecule has 7 rings (SSSR count). The summed E-state index contributed by atoms with van der Waals surface area (Å²) >= 11 is 0. The molecule has 0 unspecified atom stereocenters. The van der Waals surface area contributed by atoms with Gasteiger partial charge in [-0.1, -0.05) is 48.5 Å². The molecule has 218 valence electrons. The number of carbonyl (C=O) groups is 1. The first kappa shape index (κ1) is 27.0. The SMILES string of the molecule is COc1ccc(-c2cc3c(cc2[C@@H]2CCN(c4ccccc4)C[C@@H]2c2ccccc2)N2C(=NNC(=O)[C@H]2C)CO3)c(F)c1. The Labute approximate surface area is 250 Å². The molecule has 0 aromatic heterocycles. The lowest BCUT2D eigenvalue weighted by molar-refractivity contribution is -0.122. The van der Waals surface area contributed by atoms with Crippen LogP contribution in [0.15, 0.2) is 96.1 Å². The van der Waals surface area contributed by atoms with Gasteiger partial charge in [0, 0.05) is 36.3 Å². The minimum atomic E-state index is -0.462. The van der Waals surface area contributed by atoms with Crippen LogP contribution in [0.5, 0.6) is 11.5 Å². The third-order valence-electron chi connectivity index (χ3n) is 8.92. The zero-order valence-corrected chi connectivity index (χ0v) is 24.2. The van der Waals surface area contributed by atoms with Gasteiger partial charge in [0.15, 0.2) is 5.84 Å². The first-order chi connectivity index (χ1) is 21.0. The van der Waals surface area contributed by atoms with Gasteiger partial charge in [-0.15, -0.1) is 0 Å². The van der Waals surface area contributed by atoms with Crippen LogP contribution in [0.1, 0.15) is 36.3 Å². The highest BCUT2D eigenvalue weighted by atomic mass is 19.1. The van der Waals surface area contributed by atoms with Crippen LogP contribution in [0.2, 0.25) is 0 Å². The summed E-state index contributed by atoms with van der Waals surface area (Å²) in [6.45, 7) is 3.74. The van der Waals surface area contributed by atoms with E-state index >= 15 is 4.39 Å². The molecule has 43 heavy (non-hydrogen) atoms. The van der Waals surface area contributed by atoms with Crippen molar-refractivity contribution >= 4 is 23.1 Å². The van der Waals surface area contributed by atoms with Gasteiger partial charge in [0.2, 0.25) is 0 Å². The number of anilines is 2. The number of amidine groups is 1. The van der Waals surface area contributed by atoms with Gasteiger partial charge < -0.3 is 19.3 Å². The maximum Gasteiger partial charge on any atom is 0.262 e. The molecular formula is C35H33FN4O3. The van der Waals surface area contributed by atoms with Crippen LogP contribution in [0.3, 0.4) is 0 Å². The molecule has 3 aliphatic rings. The van der Waals surface area contributed by atoms with Crippen LogP contribution in [0.25, 0.3) is 11.1 Å². The number of piperidine rings is 1. The van der Waals surface area contributed by atoms with Gasteiger partial charge in [0.05, 0.1) is 12.8 Å². The van der Waals surface area contributed by atoms with Gasteiger partial charge in [0.1, 0.15) is 30.0 Å². The number of nitrogens with zero attached hydrogens (tertiary/aromatic N) is 3. The fourth-order valence-electron chi connectivity index (χ4n) is 6.70. The lowest BCUT2D eigenvalue weighted by atomic mass is 9.74. The van der Waals surface area contributed by atoms with Gasteiger partial charge in [0.25, 0.3) is 5.91 Å². The Morgan fingerprint density at radius 3 is 2.47 bits per heavy atom. The first-order valence-corrected chi connectivity index (χ1v) is 14.7. The number of hydrogen-bond donors (Lipinski definition) is 1. The molecule has 1 saturated heterocycles. The van der Waals surface area contributed by atoms with E-state index in [-0.39, 0.29) is 30.2 Å². The maximum atomic E-state index is 15.8. The molecule has 1 amide bonds. The average Bonchev–Trinajstić information content (AvgIpc) is 3.06. The predicted molar refractivity (Wildman–Crippen MR) is 167 cm³/mol. The molecule has 0 radical (unpaired) electrons. The van der Waals surface area contributed by atoms with E-state index in [0.717, 1.165) is 36.3 Å². The zero-order chi connectivity index (χ0) is 29.5. The Morgan fingerprint density at radius 2 is 1.72 bits per heavy atom. The first-order valence-electron chi connectivity index (χ1n) is 14.7. The van der Waals surface area contributed by atoms with Crippen molar-refractivity contribution in [2.75, 3.05) is 36.6 Å². The van der Waals surface area contributed by atoms with E-state index in [2.05, 4.69) is 70.0 Å². The Morgan fingerprint density at radius 1 is 0.953 bits per heavy atom. The fraction of sp³-hybridized carbons (Fsp3) is 0.257. The van der Waals surface area contributed by atoms with Crippen LogP contribution in [0.4, 0.5) is 15.8 Å². The number of amides is 1. The summed E-state index contributed by atoms with van der Waals surface area (Å²) < 4.78 is 27.3. The molecule has 4 aromatic carbocycles. The minimum absolute atomic E-state index is 0.0698. The van der Waals surface area contributed by atoms with Gasteiger partial charge in [-0.2, -0.15) is 5.10 Å². The molecule has 1 N–H and O–H groups in total. The maximum absolute atomic E-state index is 15.8. The van der Waals surface area contributed by atoms with Crippen molar-refractivity contribution in [3.63, 3.8) is 0 Å². The third-order valence-corrected chi connectivity index (χ3v) is 8.92.